The number of hydrogen-bond acceptors (Lipinski definition) is 1. The first-order valence-corrected chi connectivity index (χ1v) is 6.08. The van der Waals surface area contributed by atoms with E-state index in [9.17, 15) is 4.79 Å². The van der Waals surface area contributed by atoms with Gasteiger partial charge in [-0.3, -0.25) is 0 Å². The van der Waals surface area contributed by atoms with Crippen molar-refractivity contribution in [3.8, 4) is 0 Å². The summed E-state index contributed by atoms with van der Waals surface area (Å²) in [5, 5.41) is 0. The van der Waals surface area contributed by atoms with Gasteiger partial charge in [-0.15, -0.1) is 0 Å². The summed E-state index contributed by atoms with van der Waals surface area (Å²) < 4.78 is 3.60. The predicted molar refractivity (Wildman–Crippen MR) is 58.9 cm³/mol. The molecule has 2 aliphatic carbocycles. The van der Waals surface area contributed by atoms with Crippen LogP contribution in [0.25, 0.3) is 0 Å². The molecule has 0 unspecified atom stereocenters. The van der Waals surface area contributed by atoms with E-state index in [-0.39, 0.29) is 6.03 Å². The summed E-state index contributed by atoms with van der Waals surface area (Å²) in [6.45, 7) is 0.964. The van der Waals surface area contributed by atoms with Gasteiger partial charge in [-0.1, -0.05) is 0 Å². The first kappa shape index (κ1) is 9.87. The van der Waals surface area contributed by atoms with E-state index in [1.165, 1.54) is 25.7 Å². The SMILES string of the molecule is C[n+]1ccn(C(=O)N(CC2CC2)C2CC2)c1. The normalized spacial score (nSPS) is 19.8. The van der Waals surface area contributed by atoms with Crippen molar-refractivity contribution in [1.29, 1.82) is 0 Å². The molecule has 2 aliphatic rings. The fraction of sp³-hybridized carbons (Fsp3) is 0.667. The van der Waals surface area contributed by atoms with Crippen molar-refractivity contribution in [3.63, 3.8) is 0 Å². The van der Waals surface area contributed by atoms with Gasteiger partial charge in [-0.2, -0.15) is 4.57 Å². The Balaban J connectivity index is 1.74. The summed E-state index contributed by atoms with van der Waals surface area (Å²) in [4.78, 5) is 14.3. The Labute approximate surface area is 95.5 Å². The van der Waals surface area contributed by atoms with Crippen LogP contribution < -0.4 is 4.57 Å². The zero-order chi connectivity index (χ0) is 11.1. The molecular weight excluding hydrogens is 202 g/mol. The molecule has 0 spiro atoms. The van der Waals surface area contributed by atoms with Gasteiger partial charge in [0.1, 0.15) is 12.4 Å². The van der Waals surface area contributed by atoms with Gasteiger partial charge in [0.05, 0.1) is 7.05 Å². The summed E-state index contributed by atoms with van der Waals surface area (Å²) in [6.07, 6.45) is 10.6. The minimum absolute atomic E-state index is 0.148. The summed E-state index contributed by atoms with van der Waals surface area (Å²) in [7, 11) is 1.94. The van der Waals surface area contributed by atoms with Gasteiger partial charge >= 0.3 is 6.03 Å². The molecule has 0 atom stereocenters. The second-order valence-electron chi connectivity index (χ2n) is 5.10. The monoisotopic (exact) mass is 220 g/mol. The van der Waals surface area contributed by atoms with E-state index in [1.54, 1.807) is 4.57 Å². The fourth-order valence-electron chi connectivity index (χ4n) is 2.06. The van der Waals surface area contributed by atoms with Crippen LogP contribution in [-0.2, 0) is 7.05 Å². The third-order valence-corrected chi connectivity index (χ3v) is 3.37. The molecule has 0 bridgehead atoms. The molecule has 4 heteroatoms. The zero-order valence-corrected chi connectivity index (χ0v) is 9.67. The number of aromatic nitrogens is 2. The van der Waals surface area contributed by atoms with Crippen LogP contribution in [0.4, 0.5) is 4.79 Å². The Morgan fingerprint density at radius 3 is 2.69 bits per heavy atom. The summed E-state index contributed by atoms with van der Waals surface area (Å²) in [5.41, 5.74) is 0. The molecule has 0 aromatic carbocycles. The molecule has 1 amide bonds. The second kappa shape index (κ2) is 3.61. The number of hydrogen-bond donors (Lipinski definition) is 0. The van der Waals surface area contributed by atoms with E-state index < -0.39 is 0 Å². The van der Waals surface area contributed by atoms with Crippen LogP contribution in [0, 0.1) is 5.92 Å². The highest BCUT2D eigenvalue weighted by Gasteiger charge is 2.38. The van der Waals surface area contributed by atoms with Gasteiger partial charge in [0.15, 0.2) is 0 Å². The second-order valence-corrected chi connectivity index (χ2v) is 5.10. The lowest BCUT2D eigenvalue weighted by Crippen LogP contribution is -2.38. The lowest BCUT2D eigenvalue weighted by molar-refractivity contribution is -0.670. The molecule has 0 saturated heterocycles. The van der Waals surface area contributed by atoms with Crippen LogP contribution in [0.5, 0.6) is 0 Å². The molecule has 4 nitrogen and oxygen atoms in total. The third-order valence-electron chi connectivity index (χ3n) is 3.37. The van der Waals surface area contributed by atoms with Crippen LogP contribution in [-0.4, -0.2) is 28.1 Å². The molecule has 0 aliphatic heterocycles. The molecule has 86 valence electrons. The first-order chi connectivity index (χ1) is 7.74. The smallest absolute Gasteiger partial charge is 0.301 e. The minimum atomic E-state index is 0.148. The van der Waals surface area contributed by atoms with Crippen molar-refractivity contribution in [3.05, 3.63) is 18.7 Å². The molecule has 0 N–H and O–H groups in total. The van der Waals surface area contributed by atoms with E-state index >= 15 is 0 Å². The van der Waals surface area contributed by atoms with Gasteiger partial charge in [0.25, 0.3) is 6.33 Å². The maximum Gasteiger partial charge on any atom is 0.416 e. The summed E-state index contributed by atoms with van der Waals surface area (Å²) in [6, 6.07) is 0.663. The molecule has 1 aromatic rings. The molecule has 2 fully saturated rings. The Hall–Kier alpha value is -1.32. The number of aryl methyl sites for hydroxylation is 1. The molecular formula is C12H18N3O+. The molecule has 2 saturated carbocycles. The largest absolute Gasteiger partial charge is 0.416 e. The molecule has 3 rings (SSSR count). The van der Waals surface area contributed by atoms with Crippen LogP contribution in [0.2, 0.25) is 0 Å². The number of amides is 1. The summed E-state index contributed by atoms with van der Waals surface area (Å²) in [5.74, 6) is 0.772. The molecule has 0 radical (unpaired) electrons. The third kappa shape index (κ3) is 1.96. The van der Waals surface area contributed by atoms with Crippen LogP contribution >= 0.6 is 0 Å². The predicted octanol–water partition coefficient (Wildman–Crippen LogP) is 1.16. The highest BCUT2D eigenvalue weighted by atomic mass is 16.2. The lowest BCUT2D eigenvalue weighted by Gasteiger charge is -2.18. The Morgan fingerprint density at radius 1 is 1.44 bits per heavy atom. The Bertz CT molecular complexity index is 404. The minimum Gasteiger partial charge on any atom is -0.301 e. The quantitative estimate of drug-likeness (QED) is 0.703. The van der Waals surface area contributed by atoms with Gasteiger partial charge in [-0.05, 0) is 31.6 Å². The fourth-order valence-corrected chi connectivity index (χ4v) is 2.06. The van der Waals surface area contributed by atoms with Crippen LogP contribution in [0.1, 0.15) is 25.7 Å². The molecule has 1 heterocycles. The molecule has 16 heavy (non-hydrogen) atoms. The number of imidazole rings is 1. The molecule has 1 aromatic heterocycles. The van der Waals surface area contributed by atoms with Crippen molar-refractivity contribution in [2.75, 3.05) is 6.54 Å². The number of rotatable bonds is 3. The van der Waals surface area contributed by atoms with Crippen molar-refractivity contribution in [2.24, 2.45) is 13.0 Å². The average molecular weight is 220 g/mol. The highest BCUT2D eigenvalue weighted by molar-refractivity contribution is 5.77. The maximum absolute atomic E-state index is 12.3. The van der Waals surface area contributed by atoms with E-state index in [2.05, 4.69) is 4.90 Å². The Kier molecular flexibility index (Phi) is 2.23. The van der Waals surface area contributed by atoms with Crippen molar-refractivity contribution >= 4 is 6.03 Å². The van der Waals surface area contributed by atoms with E-state index in [0.717, 1.165) is 12.5 Å². The van der Waals surface area contributed by atoms with E-state index in [1.807, 2.05) is 30.3 Å². The lowest BCUT2D eigenvalue weighted by atomic mass is 10.3. The average Bonchev–Trinajstić information content (AvgIpc) is 3.15. The topological polar surface area (TPSA) is 29.1 Å². The van der Waals surface area contributed by atoms with Crippen molar-refractivity contribution in [1.82, 2.24) is 9.47 Å². The van der Waals surface area contributed by atoms with Crippen LogP contribution in [0.3, 0.4) is 0 Å². The van der Waals surface area contributed by atoms with Gasteiger partial charge < -0.3 is 4.90 Å². The highest BCUT2D eigenvalue weighted by Crippen LogP contribution is 2.35. The maximum atomic E-state index is 12.3. The standard InChI is InChI=1S/C12H18N3O/c1-13-6-7-14(9-13)12(16)15(11-4-5-11)8-10-2-3-10/h6-7,9-11H,2-5,8H2,1H3/q+1. The number of carbonyl (C=O) groups excluding carboxylic acids is 1. The Morgan fingerprint density at radius 2 is 2.19 bits per heavy atom. The van der Waals surface area contributed by atoms with E-state index in [4.69, 9.17) is 0 Å². The van der Waals surface area contributed by atoms with E-state index in [0.29, 0.717) is 6.04 Å². The van der Waals surface area contributed by atoms with Crippen molar-refractivity contribution in [2.45, 2.75) is 31.7 Å². The summed E-state index contributed by atoms with van der Waals surface area (Å²) >= 11 is 0. The number of carbonyl (C=O) groups is 1. The van der Waals surface area contributed by atoms with Gasteiger partial charge in [-0.25, -0.2) is 9.36 Å². The van der Waals surface area contributed by atoms with Crippen molar-refractivity contribution < 1.29 is 9.36 Å². The zero-order valence-electron chi connectivity index (χ0n) is 9.67. The number of nitrogens with zero attached hydrogens (tertiary/aromatic N) is 3. The van der Waals surface area contributed by atoms with Gasteiger partial charge in [0, 0.05) is 12.6 Å². The van der Waals surface area contributed by atoms with Gasteiger partial charge in [0.2, 0.25) is 0 Å². The van der Waals surface area contributed by atoms with Crippen LogP contribution in [0.15, 0.2) is 18.7 Å². The first-order valence-electron chi connectivity index (χ1n) is 6.08.